The van der Waals surface area contributed by atoms with Crippen LogP contribution in [0.1, 0.15) is 45.1 Å². The number of carbonyl (C=O) groups is 1. The van der Waals surface area contributed by atoms with Crippen LogP contribution in [0.25, 0.3) is 10.9 Å². The van der Waals surface area contributed by atoms with Gasteiger partial charge in [-0.3, -0.25) is 9.69 Å². The van der Waals surface area contributed by atoms with Crippen LogP contribution in [-0.4, -0.2) is 80.4 Å². The van der Waals surface area contributed by atoms with Gasteiger partial charge in [0.1, 0.15) is 12.1 Å². The molecule has 8 nitrogen and oxygen atoms in total. The molecule has 1 atom stereocenters. The maximum Gasteiger partial charge on any atom is 0.416 e. The molecule has 36 heavy (non-hydrogen) atoms. The Kier molecular flexibility index (Phi) is 9.65. The lowest BCUT2D eigenvalue weighted by molar-refractivity contribution is -0.137. The number of benzene rings is 1. The highest BCUT2D eigenvalue weighted by atomic mass is 32.2. The van der Waals surface area contributed by atoms with Crippen molar-refractivity contribution in [3.8, 4) is 0 Å². The zero-order chi connectivity index (χ0) is 26.5. The summed E-state index contributed by atoms with van der Waals surface area (Å²) in [5.41, 5.74) is -0.424. The first-order chi connectivity index (χ1) is 17.1. The number of rotatable bonds is 7. The number of fused-ring (bicyclic) bond motifs is 1. The number of nitrogens with zero attached hydrogens (tertiary/aromatic N) is 4. The first-order valence-corrected chi connectivity index (χ1v) is 13.8. The molecule has 0 bridgehead atoms. The number of likely N-dealkylation sites (tertiary alicyclic amines) is 1. The van der Waals surface area contributed by atoms with E-state index in [4.69, 9.17) is 0 Å². The van der Waals surface area contributed by atoms with E-state index in [0.29, 0.717) is 17.6 Å². The zero-order valence-corrected chi connectivity index (χ0v) is 22.0. The van der Waals surface area contributed by atoms with E-state index >= 15 is 0 Å². The highest BCUT2D eigenvalue weighted by molar-refractivity contribution is 7.81. The third-order valence-corrected chi connectivity index (χ3v) is 7.87. The Balaban J connectivity index is 0.00000176. The maximum atomic E-state index is 13.1. The van der Waals surface area contributed by atoms with E-state index in [1.54, 1.807) is 6.26 Å². The molecule has 200 valence electrons. The van der Waals surface area contributed by atoms with Crippen LogP contribution in [-0.2, 0) is 22.0 Å². The highest BCUT2D eigenvalue weighted by Gasteiger charge is 2.36. The second-order valence-corrected chi connectivity index (χ2v) is 10.4. The summed E-state index contributed by atoms with van der Waals surface area (Å²) < 4.78 is 52.8. The number of nitrogens with one attached hydrogen (secondary N) is 2. The Morgan fingerprint density at radius 1 is 1.17 bits per heavy atom. The Labute approximate surface area is 212 Å². The summed E-state index contributed by atoms with van der Waals surface area (Å²) in [5.74, 6) is -0.0460. The van der Waals surface area contributed by atoms with E-state index in [9.17, 15) is 22.2 Å². The van der Waals surface area contributed by atoms with Crippen LogP contribution in [0, 0.1) is 0 Å². The number of hydrogen-bond acceptors (Lipinski definition) is 6. The molecule has 2 heterocycles. The smallest absolute Gasteiger partial charge is 0.360 e. The van der Waals surface area contributed by atoms with Gasteiger partial charge in [-0.2, -0.15) is 13.2 Å². The Morgan fingerprint density at radius 3 is 2.44 bits per heavy atom. The summed E-state index contributed by atoms with van der Waals surface area (Å²) in [4.78, 5) is 22.8. The van der Waals surface area contributed by atoms with Crippen LogP contribution >= 0.6 is 0 Å². The molecule has 1 amide bonds. The van der Waals surface area contributed by atoms with Crippen LogP contribution in [0.3, 0.4) is 0 Å². The van der Waals surface area contributed by atoms with Crippen molar-refractivity contribution < 1.29 is 22.2 Å². The van der Waals surface area contributed by atoms with Crippen molar-refractivity contribution >= 4 is 33.6 Å². The van der Waals surface area contributed by atoms with Gasteiger partial charge in [-0.05, 0) is 43.9 Å². The molecule has 1 aromatic heterocycles. The van der Waals surface area contributed by atoms with Gasteiger partial charge >= 0.3 is 6.18 Å². The molecular weight excluding hydrogens is 493 g/mol. The molecule has 2 fully saturated rings. The predicted molar refractivity (Wildman–Crippen MR) is 136 cm³/mol. The van der Waals surface area contributed by atoms with Crippen LogP contribution < -0.4 is 10.6 Å². The van der Waals surface area contributed by atoms with Crippen molar-refractivity contribution in [3.05, 3.63) is 30.1 Å². The fourth-order valence-electron chi connectivity index (χ4n) is 4.72. The molecule has 1 unspecified atom stereocenters. The average molecular weight is 529 g/mol. The molecule has 2 N–H and O–H groups in total. The molecule has 1 saturated carbocycles. The largest absolute Gasteiger partial charge is 0.416 e. The number of aromatic nitrogens is 2. The Hall–Kier alpha value is -2.31. The van der Waals surface area contributed by atoms with Crippen LogP contribution in [0.4, 0.5) is 19.0 Å². The SMILES string of the molecule is CC.CN(C1CCC(N2CC(NC(=O)CNc3ncnc4ccc(C(F)(F)F)cc34)C2)CC1)S(C)=O. The molecule has 1 aliphatic carbocycles. The van der Waals surface area contributed by atoms with E-state index in [1.807, 2.05) is 25.2 Å². The quantitative estimate of drug-likeness (QED) is 0.573. The van der Waals surface area contributed by atoms with Gasteiger partial charge in [0.05, 0.1) is 34.7 Å². The number of hydrogen-bond donors (Lipinski definition) is 2. The molecular formula is C24H35F3N6O2S. The van der Waals surface area contributed by atoms with Crippen molar-refractivity contribution in [2.75, 3.05) is 38.3 Å². The van der Waals surface area contributed by atoms with Crippen molar-refractivity contribution in [2.24, 2.45) is 0 Å². The van der Waals surface area contributed by atoms with E-state index in [2.05, 4.69) is 25.5 Å². The van der Waals surface area contributed by atoms with Gasteiger partial charge in [0.25, 0.3) is 0 Å². The van der Waals surface area contributed by atoms with E-state index < -0.39 is 22.7 Å². The normalized spacial score (nSPS) is 21.9. The minimum atomic E-state index is -4.47. The fraction of sp³-hybridized carbons (Fsp3) is 0.625. The monoisotopic (exact) mass is 528 g/mol. The van der Waals surface area contributed by atoms with Gasteiger partial charge in [-0.1, -0.05) is 13.8 Å². The number of amides is 1. The first-order valence-electron chi connectivity index (χ1n) is 12.3. The van der Waals surface area contributed by atoms with Crippen molar-refractivity contribution in [1.82, 2.24) is 24.5 Å². The van der Waals surface area contributed by atoms with Crippen LogP contribution in [0.15, 0.2) is 24.5 Å². The second-order valence-electron chi connectivity index (χ2n) is 8.96. The van der Waals surface area contributed by atoms with Crippen LogP contribution in [0.5, 0.6) is 0 Å². The Bertz CT molecular complexity index is 1060. The van der Waals surface area contributed by atoms with Crippen LogP contribution in [0.2, 0.25) is 0 Å². The van der Waals surface area contributed by atoms with E-state index in [0.717, 1.165) is 50.9 Å². The highest BCUT2D eigenvalue weighted by Crippen LogP contribution is 2.32. The first kappa shape index (κ1) is 28.3. The lowest BCUT2D eigenvalue weighted by Gasteiger charge is -2.47. The minimum absolute atomic E-state index is 0.0526. The van der Waals surface area contributed by atoms with Gasteiger partial charge < -0.3 is 10.6 Å². The van der Waals surface area contributed by atoms with Gasteiger partial charge in [0.15, 0.2) is 0 Å². The maximum absolute atomic E-state index is 13.1. The number of carbonyl (C=O) groups excluding carboxylic acids is 1. The molecule has 0 radical (unpaired) electrons. The molecule has 12 heteroatoms. The summed E-state index contributed by atoms with van der Waals surface area (Å²) in [6.07, 6.45) is 2.62. The Morgan fingerprint density at radius 2 is 1.83 bits per heavy atom. The molecule has 2 aliphatic rings. The fourth-order valence-corrected chi connectivity index (χ4v) is 5.35. The van der Waals surface area contributed by atoms with E-state index in [1.165, 1.54) is 12.4 Å². The standard InChI is InChI=1S/C22H29F3N6O2S.C2H6/c1-30(34(2)33)16-4-6-17(7-5-16)31-11-15(12-31)29-20(32)10-26-21-18-9-14(22(23,24)25)3-8-19(18)27-13-28-21;1-2/h3,8-9,13,15-17H,4-7,10-12H2,1-2H3,(H,29,32)(H,26,27,28);1-2H3. The van der Waals surface area contributed by atoms with Gasteiger partial charge in [-0.15, -0.1) is 0 Å². The third kappa shape index (κ3) is 6.92. The molecule has 4 rings (SSSR count). The van der Waals surface area contributed by atoms with Crippen molar-refractivity contribution in [1.29, 1.82) is 0 Å². The lowest BCUT2D eigenvalue weighted by Crippen LogP contribution is -2.63. The summed E-state index contributed by atoms with van der Waals surface area (Å²) in [6, 6.07) is 4.15. The number of halogens is 3. The summed E-state index contributed by atoms with van der Waals surface area (Å²) >= 11 is 0. The molecule has 1 aliphatic heterocycles. The molecule has 1 aromatic carbocycles. The van der Waals surface area contributed by atoms with E-state index in [-0.39, 0.29) is 29.7 Å². The lowest BCUT2D eigenvalue weighted by atomic mass is 9.88. The summed E-state index contributed by atoms with van der Waals surface area (Å²) in [5, 5.41) is 6.03. The summed E-state index contributed by atoms with van der Waals surface area (Å²) in [7, 11) is 0.956. The number of alkyl halides is 3. The van der Waals surface area contributed by atoms with Gasteiger partial charge in [-0.25, -0.2) is 18.5 Å². The molecule has 1 saturated heterocycles. The van der Waals surface area contributed by atoms with Crippen molar-refractivity contribution in [2.45, 2.75) is 63.8 Å². The van der Waals surface area contributed by atoms with Crippen molar-refractivity contribution in [3.63, 3.8) is 0 Å². The minimum Gasteiger partial charge on any atom is -0.360 e. The topological polar surface area (TPSA) is 90.5 Å². The zero-order valence-electron chi connectivity index (χ0n) is 21.1. The predicted octanol–water partition coefficient (Wildman–Crippen LogP) is 3.42. The second kappa shape index (κ2) is 12.3. The van der Waals surface area contributed by atoms with Gasteiger partial charge in [0.2, 0.25) is 5.91 Å². The molecule has 0 spiro atoms. The summed E-state index contributed by atoms with van der Waals surface area (Å²) in [6.45, 7) is 5.47. The van der Waals surface area contributed by atoms with Gasteiger partial charge in [0, 0.05) is 43.9 Å². The third-order valence-electron chi connectivity index (χ3n) is 6.76. The average Bonchev–Trinajstić information content (AvgIpc) is 2.84. The molecule has 2 aromatic rings. The number of anilines is 1.